The Balaban J connectivity index is 1.65. The normalized spacial score (nSPS) is 11.2. The van der Waals surface area contributed by atoms with Gasteiger partial charge in [-0.15, -0.1) is 0 Å². The van der Waals surface area contributed by atoms with Crippen molar-refractivity contribution in [1.29, 1.82) is 0 Å². The Morgan fingerprint density at radius 2 is 1.96 bits per heavy atom. The standard InChI is InChI=1S/C16H15F2N3O3/c1-10-9-19-13(22-10)7-4-8-14-20-15(21-24-14)11-5-2-3-6-12(11)23-16(17)18/h2-3,5-6,9,16H,4,7-8H2,1H3. The van der Waals surface area contributed by atoms with Crippen LogP contribution < -0.4 is 4.74 Å². The van der Waals surface area contributed by atoms with E-state index in [0.29, 0.717) is 30.2 Å². The van der Waals surface area contributed by atoms with Crippen molar-refractivity contribution >= 4 is 0 Å². The SMILES string of the molecule is Cc1cnc(CCCc2nc(-c3ccccc3OC(F)F)no2)o1. The number of para-hydroxylation sites is 1. The zero-order chi connectivity index (χ0) is 16.9. The molecule has 2 heterocycles. The molecular weight excluding hydrogens is 320 g/mol. The van der Waals surface area contributed by atoms with Crippen molar-refractivity contribution in [3.05, 3.63) is 48.0 Å². The summed E-state index contributed by atoms with van der Waals surface area (Å²) in [4.78, 5) is 8.35. The average molecular weight is 335 g/mol. The summed E-state index contributed by atoms with van der Waals surface area (Å²) in [6.45, 7) is -1.08. The van der Waals surface area contributed by atoms with Gasteiger partial charge in [-0.2, -0.15) is 13.8 Å². The second-order valence-corrected chi connectivity index (χ2v) is 5.10. The summed E-state index contributed by atoms with van der Waals surface area (Å²) >= 11 is 0. The Labute approximate surface area is 136 Å². The predicted octanol–water partition coefficient (Wildman–Crippen LogP) is 3.81. The Morgan fingerprint density at radius 1 is 1.17 bits per heavy atom. The van der Waals surface area contributed by atoms with Crippen molar-refractivity contribution < 1.29 is 22.5 Å². The number of nitrogens with zero attached hydrogens (tertiary/aromatic N) is 3. The third kappa shape index (κ3) is 3.95. The van der Waals surface area contributed by atoms with Gasteiger partial charge in [0.25, 0.3) is 0 Å². The lowest BCUT2D eigenvalue weighted by Gasteiger charge is -2.07. The molecule has 0 atom stereocenters. The van der Waals surface area contributed by atoms with Gasteiger partial charge < -0.3 is 13.7 Å². The molecule has 0 amide bonds. The van der Waals surface area contributed by atoms with Crippen LogP contribution in [0, 0.1) is 6.92 Å². The number of oxazole rings is 1. The quantitative estimate of drug-likeness (QED) is 0.653. The summed E-state index contributed by atoms with van der Waals surface area (Å²) in [6.07, 6.45) is 3.57. The number of benzene rings is 1. The first-order valence-corrected chi connectivity index (χ1v) is 7.40. The van der Waals surface area contributed by atoms with E-state index in [1.807, 2.05) is 6.92 Å². The van der Waals surface area contributed by atoms with Crippen LogP contribution in [0.2, 0.25) is 0 Å². The van der Waals surface area contributed by atoms with Crippen LogP contribution in [0.15, 0.2) is 39.4 Å². The molecule has 3 rings (SSSR count). The summed E-state index contributed by atoms with van der Waals surface area (Å²) in [5.74, 6) is 2.06. The van der Waals surface area contributed by atoms with Crippen LogP contribution in [0.3, 0.4) is 0 Å². The van der Waals surface area contributed by atoms with Crippen molar-refractivity contribution in [3.63, 3.8) is 0 Å². The zero-order valence-electron chi connectivity index (χ0n) is 12.9. The Morgan fingerprint density at radius 3 is 2.71 bits per heavy atom. The molecule has 0 aliphatic rings. The second-order valence-electron chi connectivity index (χ2n) is 5.10. The van der Waals surface area contributed by atoms with Crippen molar-refractivity contribution in [3.8, 4) is 17.1 Å². The third-order valence-corrected chi connectivity index (χ3v) is 3.26. The topological polar surface area (TPSA) is 74.2 Å². The average Bonchev–Trinajstić information content (AvgIpc) is 3.17. The van der Waals surface area contributed by atoms with Crippen LogP contribution in [0.5, 0.6) is 5.75 Å². The van der Waals surface area contributed by atoms with Gasteiger partial charge in [0.05, 0.1) is 11.8 Å². The van der Waals surface area contributed by atoms with E-state index in [9.17, 15) is 8.78 Å². The molecule has 0 N–H and O–H groups in total. The molecule has 24 heavy (non-hydrogen) atoms. The first kappa shape index (κ1) is 16.1. The molecular formula is C16H15F2N3O3. The van der Waals surface area contributed by atoms with Crippen molar-refractivity contribution in [2.24, 2.45) is 0 Å². The molecule has 0 aliphatic heterocycles. The van der Waals surface area contributed by atoms with Gasteiger partial charge >= 0.3 is 6.61 Å². The van der Waals surface area contributed by atoms with Gasteiger partial charge in [0.1, 0.15) is 11.5 Å². The Hall–Kier alpha value is -2.77. The number of rotatable bonds is 7. The summed E-state index contributed by atoms with van der Waals surface area (Å²) in [5.41, 5.74) is 0.358. The van der Waals surface area contributed by atoms with Gasteiger partial charge in [0.15, 0.2) is 5.89 Å². The number of alkyl halides is 2. The van der Waals surface area contributed by atoms with Gasteiger partial charge in [0.2, 0.25) is 11.7 Å². The first-order valence-electron chi connectivity index (χ1n) is 7.40. The van der Waals surface area contributed by atoms with E-state index in [4.69, 9.17) is 8.94 Å². The number of ether oxygens (including phenoxy) is 1. The molecule has 1 aromatic carbocycles. The molecule has 2 aromatic heterocycles. The summed E-state index contributed by atoms with van der Waals surface area (Å²) in [5, 5.41) is 3.83. The number of hydrogen-bond donors (Lipinski definition) is 0. The number of aryl methyl sites for hydroxylation is 3. The summed E-state index contributed by atoms with van der Waals surface area (Å²) < 4.78 is 39.9. The Bertz CT molecular complexity index is 801. The first-order chi connectivity index (χ1) is 11.6. The van der Waals surface area contributed by atoms with E-state index >= 15 is 0 Å². The van der Waals surface area contributed by atoms with Crippen molar-refractivity contribution in [2.75, 3.05) is 0 Å². The van der Waals surface area contributed by atoms with E-state index in [0.717, 1.165) is 12.2 Å². The summed E-state index contributed by atoms with van der Waals surface area (Å²) in [7, 11) is 0. The molecule has 0 radical (unpaired) electrons. The maximum absolute atomic E-state index is 12.4. The van der Waals surface area contributed by atoms with E-state index in [1.54, 1.807) is 24.4 Å². The van der Waals surface area contributed by atoms with E-state index in [-0.39, 0.29) is 11.6 Å². The predicted molar refractivity (Wildman–Crippen MR) is 79.6 cm³/mol. The minimum absolute atomic E-state index is 0.00936. The molecule has 0 spiro atoms. The van der Waals surface area contributed by atoms with Crippen molar-refractivity contribution in [1.82, 2.24) is 15.1 Å². The maximum Gasteiger partial charge on any atom is 0.387 e. The van der Waals surface area contributed by atoms with Gasteiger partial charge in [-0.1, -0.05) is 17.3 Å². The zero-order valence-corrected chi connectivity index (χ0v) is 12.9. The van der Waals surface area contributed by atoms with Gasteiger partial charge in [0, 0.05) is 12.8 Å². The molecule has 0 fully saturated rings. The smallest absolute Gasteiger partial charge is 0.387 e. The highest BCUT2D eigenvalue weighted by atomic mass is 19.3. The highest BCUT2D eigenvalue weighted by Gasteiger charge is 2.16. The van der Waals surface area contributed by atoms with Gasteiger partial charge in [-0.25, -0.2) is 4.98 Å². The van der Waals surface area contributed by atoms with Crippen LogP contribution in [-0.4, -0.2) is 21.7 Å². The fourth-order valence-corrected chi connectivity index (χ4v) is 2.22. The van der Waals surface area contributed by atoms with Gasteiger partial charge in [-0.3, -0.25) is 0 Å². The lowest BCUT2D eigenvalue weighted by atomic mass is 10.2. The van der Waals surface area contributed by atoms with Crippen molar-refractivity contribution in [2.45, 2.75) is 32.8 Å². The van der Waals surface area contributed by atoms with Gasteiger partial charge in [-0.05, 0) is 25.5 Å². The van der Waals surface area contributed by atoms with E-state index < -0.39 is 6.61 Å². The molecule has 0 unspecified atom stereocenters. The van der Waals surface area contributed by atoms with E-state index in [1.165, 1.54) is 6.07 Å². The highest BCUT2D eigenvalue weighted by Crippen LogP contribution is 2.28. The number of aromatic nitrogens is 3. The minimum Gasteiger partial charge on any atom is -0.446 e. The fourth-order valence-electron chi connectivity index (χ4n) is 2.22. The molecule has 6 nitrogen and oxygen atoms in total. The molecule has 0 saturated carbocycles. The van der Waals surface area contributed by atoms with Crippen LogP contribution in [0.25, 0.3) is 11.4 Å². The van der Waals surface area contributed by atoms with Crippen LogP contribution in [0.4, 0.5) is 8.78 Å². The molecule has 0 bridgehead atoms. The monoisotopic (exact) mass is 335 g/mol. The number of halogens is 2. The lowest BCUT2D eigenvalue weighted by Crippen LogP contribution is -2.03. The largest absolute Gasteiger partial charge is 0.446 e. The minimum atomic E-state index is -2.92. The second kappa shape index (κ2) is 7.20. The number of hydrogen-bond acceptors (Lipinski definition) is 6. The molecule has 0 saturated heterocycles. The Kier molecular flexibility index (Phi) is 4.83. The third-order valence-electron chi connectivity index (χ3n) is 3.26. The molecule has 8 heteroatoms. The maximum atomic E-state index is 12.4. The summed E-state index contributed by atoms with van der Waals surface area (Å²) in [6, 6.07) is 6.32. The molecule has 3 aromatic rings. The fraction of sp³-hybridized carbons (Fsp3) is 0.312. The molecule has 126 valence electrons. The van der Waals surface area contributed by atoms with Crippen LogP contribution in [-0.2, 0) is 12.8 Å². The van der Waals surface area contributed by atoms with E-state index in [2.05, 4.69) is 19.9 Å². The lowest BCUT2D eigenvalue weighted by molar-refractivity contribution is -0.0494. The van der Waals surface area contributed by atoms with Crippen LogP contribution >= 0.6 is 0 Å². The molecule has 0 aliphatic carbocycles. The van der Waals surface area contributed by atoms with Crippen LogP contribution in [0.1, 0.15) is 24.0 Å². The highest BCUT2D eigenvalue weighted by molar-refractivity contribution is 5.63.